The fraction of sp³-hybridized carbons (Fsp3) is 0.556. The van der Waals surface area contributed by atoms with Gasteiger partial charge in [0.25, 0.3) is 0 Å². The van der Waals surface area contributed by atoms with Gasteiger partial charge < -0.3 is 9.84 Å². The van der Waals surface area contributed by atoms with Crippen LogP contribution in [0.1, 0.15) is 17.4 Å². The maximum absolute atomic E-state index is 10.0. The third kappa shape index (κ3) is 2.14. The molecule has 2 rings (SSSR count). The molecule has 2 nitrogen and oxygen atoms in total. The second kappa shape index (κ2) is 4.49. The van der Waals surface area contributed by atoms with Crippen molar-refractivity contribution in [2.45, 2.75) is 12.5 Å². The number of hydrogen-bond acceptors (Lipinski definition) is 3. The van der Waals surface area contributed by atoms with Crippen LogP contribution in [0, 0.1) is 5.92 Å². The van der Waals surface area contributed by atoms with Crippen LogP contribution in [0.15, 0.2) is 10.5 Å². The Hall–Kier alpha value is 0.390. The zero-order valence-corrected chi connectivity index (χ0v) is 10.5. The van der Waals surface area contributed by atoms with E-state index in [0.29, 0.717) is 10.9 Å². The van der Waals surface area contributed by atoms with Crippen LogP contribution in [-0.2, 0) is 4.74 Å². The standard InChI is InChI=1S/C9H10BrClO2S/c10-6-3-7(14-9(6)11)8(12)5-1-2-13-4-5/h3,5,8,12H,1-2,4H2. The first-order valence-corrected chi connectivity index (χ1v) is 6.38. The Kier molecular flexibility index (Phi) is 3.50. The summed E-state index contributed by atoms with van der Waals surface area (Å²) in [7, 11) is 0. The molecule has 0 spiro atoms. The molecular formula is C9H10BrClO2S. The number of aliphatic hydroxyl groups is 1. The predicted octanol–water partition coefficient (Wildman–Crippen LogP) is 3.23. The lowest BCUT2D eigenvalue weighted by molar-refractivity contribution is 0.0944. The van der Waals surface area contributed by atoms with Crippen molar-refractivity contribution < 1.29 is 9.84 Å². The van der Waals surface area contributed by atoms with Crippen molar-refractivity contribution in [1.82, 2.24) is 0 Å². The van der Waals surface area contributed by atoms with Gasteiger partial charge in [0.1, 0.15) is 4.34 Å². The van der Waals surface area contributed by atoms with Gasteiger partial charge in [-0.2, -0.15) is 0 Å². The topological polar surface area (TPSA) is 29.5 Å². The molecule has 1 saturated heterocycles. The third-order valence-electron chi connectivity index (χ3n) is 2.37. The van der Waals surface area contributed by atoms with Gasteiger partial charge in [0.2, 0.25) is 0 Å². The van der Waals surface area contributed by atoms with Gasteiger partial charge >= 0.3 is 0 Å². The first-order valence-electron chi connectivity index (χ1n) is 4.39. The molecule has 1 aliphatic heterocycles. The summed E-state index contributed by atoms with van der Waals surface area (Å²) in [5, 5.41) is 10.0. The second-order valence-electron chi connectivity index (χ2n) is 3.34. The molecule has 0 aliphatic carbocycles. The molecular weight excluding hydrogens is 288 g/mol. The van der Waals surface area contributed by atoms with Gasteiger partial charge in [0.15, 0.2) is 0 Å². The van der Waals surface area contributed by atoms with Crippen molar-refractivity contribution in [3.8, 4) is 0 Å². The monoisotopic (exact) mass is 296 g/mol. The normalized spacial score (nSPS) is 24.1. The lowest BCUT2D eigenvalue weighted by atomic mass is 10.0. The molecule has 2 heterocycles. The first-order chi connectivity index (χ1) is 6.68. The fourth-order valence-electron chi connectivity index (χ4n) is 1.54. The Labute approximate surface area is 100.0 Å². The second-order valence-corrected chi connectivity index (χ2v) is 5.88. The Morgan fingerprint density at radius 1 is 1.71 bits per heavy atom. The van der Waals surface area contributed by atoms with Gasteiger partial charge in [0, 0.05) is 21.9 Å². The molecule has 0 amide bonds. The minimum atomic E-state index is -0.439. The van der Waals surface area contributed by atoms with Crippen LogP contribution in [0.5, 0.6) is 0 Å². The molecule has 14 heavy (non-hydrogen) atoms. The highest BCUT2D eigenvalue weighted by molar-refractivity contribution is 9.10. The minimum Gasteiger partial charge on any atom is -0.387 e. The molecule has 1 N–H and O–H groups in total. The number of hydrogen-bond donors (Lipinski definition) is 1. The Morgan fingerprint density at radius 3 is 3.00 bits per heavy atom. The van der Waals surface area contributed by atoms with E-state index in [1.807, 2.05) is 6.07 Å². The zero-order valence-electron chi connectivity index (χ0n) is 7.37. The van der Waals surface area contributed by atoms with Crippen LogP contribution < -0.4 is 0 Å². The number of rotatable bonds is 2. The van der Waals surface area contributed by atoms with E-state index in [4.69, 9.17) is 16.3 Å². The molecule has 0 bridgehead atoms. The Bertz CT molecular complexity index is 303. The largest absolute Gasteiger partial charge is 0.387 e. The molecule has 2 atom stereocenters. The van der Waals surface area contributed by atoms with Crippen molar-refractivity contribution in [3.05, 3.63) is 19.8 Å². The average molecular weight is 298 g/mol. The summed E-state index contributed by atoms with van der Waals surface area (Å²) < 4.78 is 6.79. The van der Waals surface area contributed by atoms with Crippen molar-refractivity contribution in [2.75, 3.05) is 13.2 Å². The van der Waals surface area contributed by atoms with E-state index in [9.17, 15) is 5.11 Å². The van der Waals surface area contributed by atoms with Crippen LogP contribution in [-0.4, -0.2) is 18.3 Å². The van der Waals surface area contributed by atoms with Gasteiger partial charge in [-0.3, -0.25) is 0 Å². The summed E-state index contributed by atoms with van der Waals surface area (Å²) in [5.74, 6) is 0.219. The van der Waals surface area contributed by atoms with E-state index in [1.54, 1.807) is 0 Å². The molecule has 78 valence electrons. The van der Waals surface area contributed by atoms with E-state index in [0.717, 1.165) is 22.4 Å². The SMILES string of the molecule is OC(c1cc(Br)c(Cl)s1)C1CCOC1. The lowest BCUT2D eigenvalue weighted by Gasteiger charge is -2.13. The summed E-state index contributed by atoms with van der Waals surface area (Å²) >= 11 is 10.7. The van der Waals surface area contributed by atoms with Crippen LogP contribution in [0.25, 0.3) is 0 Å². The van der Waals surface area contributed by atoms with Crippen molar-refractivity contribution >= 4 is 38.9 Å². The van der Waals surface area contributed by atoms with Gasteiger partial charge in [-0.1, -0.05) is 11.6 Å². The first kappa shape index (κ1) is 10.9. The molecule has 1 aliphatic rings. The van der Waals surface area contributed by atoms with E-state index >= 15 is 0 Å². The molecule has 0 aromatic carbocycles. The zero-order chi connectivity index (χ0) is 10.1. The molecule has 0 saturated carbocycles. The van der Waals surface area contributed by atoms with Crippen LogP contribution in [0.3, 0.4) is 0 Å². The van der Waals surface area contributed by atoms with Gasteiger partial charge in [-0.25, -0.2) is 0 Å². The van der Waals surface area contributed by atoms with E-state index in [2.05, 4.69) is 15.9 Å². The van der Waals surface area contributed by atoms with E-state index in [-0.39, 0.29) is 5.92 Å². The quantitative estimate of drug-likeness (QED) is 0.908. The summed E-state index contributed by atoms with van der Waals surface area (Å²) in [6.07, 6.45) is 0.486. The average Bonchev–Trinajstić information content (AvgIpc) is 2.76. The van der Waals surface area contributed by atoms with E-state index < -0.39 is 6.10 Å². The molecule has 0 radical (unpaired) electrons. The fourth-order valence-corrected chi connectivity index (χ4v) is 3.36. The van der Waals surface area contributed by atoms with Crippen LogP contribution >= 0.6 is 38.9 Å². The summed E-state index contributed by atoms with van der Waals surface area (Å²) in [6, 6.07) is 1.88. The highest BCUT2D eigenvalue weighted by atomic mass is 79.9. The third-order valence-corrected chi connectivity index (χ3v) is 4.91. The van der Waals surface area contributed by atoms with Crippen molar-refractivity contribution in [3.63, 3.8) is 0 Å². The molecule has 1 fully saturated rings. The molecule has 1 aromatic heterocycles. The maximum Gasteiger partial charge on any atom is 0.107 e. The Balaban J connectivity index is 2.13. The number of halogens is 2. The highest BCUT2D eigenvalue weighted by Gasteiger charge is 2.26. The number of ether oxygens (including phenoxy) is 1. The van der Waals surface area contributed by atoms with Crippen molar-refractivity contribution in [1.29, 1.82) is 0 Å². The summed E-state index contributed by atoms with van der Waals surface area (Å²) in [4.78, 5) is 0.914. The predicted molar refractivity (Wildman–Crippen MR) is 60.9 cm³/mol. The van der Waals surface area contributed by atoms with Gasteiger partial charge in [0.05, 0.1) is 12.7 Å². The number of thiophene rings is 1. The number of aliphatic hydroxyl groups excluding tert-OH is 1. The Morgan fingerprint density at radius 2 is 2.50 bits per heavy atom. The van der Waals surface area contributed by atoms with Gasteiger partial charge in [-0.05, 0) is 28.4 Å². The minimum absolute atomic E-state index is 0.219. The van der Waals surface area contributed by atoms with Crippen LogP contribution in [0.2, 0.25) is 4.34 Å². The molecule has 5 heteroatoms. The maximum atomic E-state index is 10.0. The van der Waals surface area contributed by atoms with Gasteiger partial charge in [-0.15, -0.1) is 11.3 Å². The lowest BCUT2D eigenvalue weighted by Crippen LogP contribution is -2.10. The van der Waals surface area contributed by atoms with Crippen molar-refractivity contribution in [2.24, 2.45) is 5.92 Å². The molecule has 2 unspecified atom stereocenters. The highest BCUT2D eigenvalue weighted by Crippen LogP contribution is 2.39. The van der Waals surface area contributed by atoms with Crippen LogP contribution in [0.4, 0.5) is 0 Å². The molecule has 1 aromatic rings. The summed E-state index contributed by atoms with van der Waals surface area (Å²) in [5.41, 5.74) is 0. The summed E-state index contributed by atoms with van der Waals surface area (Å²) in [6.45, 7) is 1.40. The van der Waals surface area contributed by atoms with E-state index in [1.165, 1.54) is 11.3 Å². The smallest absolute Gasteiger partial charge is 0.107 e.